The van der Waals surface area contributed by atoms with Crippen molar-refractivity contribution in [2.24, 2.45) is 0 Å². The molecular formula is C35H67O12P. The molecule has 1 aliphatic rings. The first-order valence-electron chi connectivity index (χ1n) is 18.5. The quantitative estimate of drug-likeness (QED) is 0.0233. The van der Waals surface area contributed by atoms with Gasteiger partial charge in [-0.2, -0.15) is 0 Å². The topological polar surface area (TPSA) is 192 Å². The number of ether oxygens (including phenoxy) is 2. The van der Waals surface area contributed by atoms with Crippen LogP contribution >= 0.6 is 7.82 Å². The average Bonchev–Trinajstić information content (AvgIpc) is 3.06. The Morgan fingerprint density at radius 2 is 1.10 bits per heavy atom. The molecule has 0 radical (unpaired) electrons. The highest BCUT2D eigenvalue weighted by Gasteiger charge is 2.51. The number of phosphoric acid groups is 1. The summed E-state index contributed by atoms with van der Waals surface area (Å²) in [6, 6.07) is 0. The van der Waals surface area contributed by atoms with E-state index in [9.17, 15) is 39.8 Å². The Labute approximate surface area is 288 Å². The lowest BCUT2D eigenvalue weighted by Gasteiger charge is -2.41. The molecule has 0 saturated heterocycles. The summed E-state index contributed by atoms with van der Waals surface area (Å²) in [6.07, 6.45) is 13.1. The maximum atomic E-state index is 12.7. The largest absolute Gasteiger partial charge is 0.472 e. The molecule has 0 bridgehead atoms. The van der Waals surface area contributed by atoms with Gasteiger partial charge in [-0.25, -0.2) is 4.57 Å². The molecule has 0 aromatic carbocycles. The van der Waals surface area contributed by atoms with E-state index in [-0.39, 0.29) is 13.0 Å². The van der Waals surface area contributed by atoms with E-state index >= 15 is 0 Å². The molecule has 0 amide bonds. The normalized spacial score (nSPS) is 24.9. The molecule has 1 rings (SSSR count). The predicted molar refractivity (Wildman–Crippen MR) is 184 cm³/mol. The van der Waals surface area contributed by atoms with E-state index in [1.165, 1.54) is 64.2 Å². The molecule has 13 heteroatoms. The van der Waals surface area contributed by atoms with E-state index in [0.717, 1.165) is 51.4 Å². The van der Waals surface area contributed by atoms with Crippen molar-refractivity contribution in [2.45, 2.75) is 185 Å². The van der Waals surface area contributed by atoms with Gasteiger partial charge in [-0.15, -0.1) is 0 Å². The van der Waals surface area contributed by atoms with Gasteiger partial charge in [-0.1, -0.05) is 109 Å². The van der Waals surface area contributed by atoms with Gasteiger partial charge in [0.15, 0.2) is 0 Å². The smallest absolute Gasteiger partial charge is 0.457 e. The maximum absolute atomic E-state index is 12.7. The number of unbranched alkanes of at least 4 members (excludes halogenated alkanes) is 16. The highest BCUT2D eigenvalue weighted by atomic mass is 31.2. The third-order valence-corrected chi connectivity index (χ3v) is 9.62. The number of carbonyl (C=O) groups excluding carboxylic acids is 1. The Bertz CT molecular complexity index is 859. The number of rotatable bonds is 30. The van der Waals surface area contributed by atoms with Crippen LogP contribution < -0.4 is 0 Å². The molecule has 0 aliphatic heterocycles. The van der Waals surface area contributed by atoms with Crippen LogP contribution in [0.3, 0.4) is 0 Å². The van der Waals surface area contributed by atoms with Crippen LogP contribution in [0.1, 0.15) is 142 Å². The van der Waals surface area contributed by atoms with Gasteiger partial charge < -0.3 is 39.9 Å². The van der Waals surface area contributed by atoms with Crippen molar-refractivity contribution in [1.82, 2.24) is 0 Å². The summed E-state index contributed by atoms with van der Waals surface area (Å²) in [5.74, 6) is -0.485. The minimum absolute atomic E-state index is 0.0773. The summed E-state index contributed by atoms with van der Waals surface area (Å²) in [5, 5.41) is 49.8. The van der Waals surface area contributed by atoms with Crippen molar-refractivity contribution in [2.75, 3.05) is 19.8 Å². The fourth-order valence-corrected chi connectivity index (χ4v) is 6.56. The number of phosphoric ester groups is 1. The van der Waals surface area contributed by atoms with Gasteiger partial charge in [0.2, 0.25) is 0 Å². The number of hydrogen-bond donors (Lipinski definition) is 6. The summed E-state index contributed by atoms with van der Waals surface area (Å²) in [5.41, 5.74) is 0. The summed E-state index contributed by atoms with van der Waals surface area (Å²) in [7, 11) is -5.00. The molecule has 0 spiro atoms. The first-order chi connectivity index (χ1) is 23.0. The summed E-state index contributed by atoms with van der Waals surface area (Å²) in [6.45, 7) is 4.15. The van der Waals surface area contributed by atoms with Crippen molar-refractivity contribution in [3.63, 3.8) is 0 Å². The maximum Gasteiger partial charge on any atom is 0.472 e. The molecule has 0 aromatic rings. The second kappa shape index (κ2) is 27.8. The van der Waals surface area contributed by atoms with E-state index < -0.39 is 63.1 Å². The molecule has 1 fully saturated rings. The van der Waals surface area contributed by atoms with Gasteiger partial charge in [0.05, 0.1) is 13.2 Å². The van der Waals surface area contributed by atoms with Crippen LogP contribution in [0, 0.1) is 0 Å². The van der Waals surface area contributed by atoms with Crippen molar-refractivity contribution >= 4 is 13.8 Å². The monoisotopic (exact) mass is 710 g/mol. The fraction of sp³-hybridized carbons (Fsp3) is 0.914. The molecule has 0 aromatic heterocycles. The van der Waals surface area contributed by atoms with Gasteiger partial charge in [0.1, 0.15) is 42.7 Å². The van der Waals surface area contributed by atoms with E-state index in [1.54, 1.807) is 0 Å². The van der Waals surface area contributed by atoms with Crippen LogP contribution in [-0.4, -0.2) is 98.9 Å². The number of allylic oxidation sites excluding steroid dienone is 2. The Morgan fingerprint density at radius 1 is 0.646 bits per heavy atom. The highest BCUT2D eigenvalue weighted by molar-refractivity contribution is 7.47. The van der Waals surface area contributed by atoms with E-state index in [0.29, 0.717) is 13.0 Å². The number of aliphatic hydroxyl groups excluding tert-OH is 5. The third kappa shape index (κ3) is 20.7. The third-order valence-electron chi connectivity index (χ3n) is 8.64. The van der Waals surface area contributed by atoms with Crippen LogP contribution in [0.4, 0.5) is 0 Å². The summed E-state index contributed by atoms with van der Waals surface area (Å²) in [4.78, 5) is 22.9. The van der Waals surface area contributed by atoms with Gasteiger partial charge in [-0.3, -0.25) is 13.8 Å². The van der Waals surface area contributed by atoms with Crippen LogP contribution in [0.5, 0.6) is 0 Å². The first kappa shape index (κ1) is 45.1. The van der Waals surface area contributed by atoms with Crippen LogP contribution in [0.25, 0.3) is 0 Å². The van der Waals surface area contributed by atoms with Crippen LogP contribution in [0.15, 0.2) is 12.2 Å². The Balaban J connectivity index is 2.48. The van der Waals surface area contributed by atoms with Gasteiger partial charge >= 0.3 is 13.8 Å². The SMILES string of the molecule is CCCCC/C=C\CCCCCCCCOCC(COP(=O)(O)OC1C(O)C(O)C(O)C(O)C1O)OC(=O)CCCCCCCCCC. The van der Waals surface area contributed by atoms with E-state index in [4.69, 9.17) is 18.5 Å². The Morgan fingerprint density at radius 3 is 1.69 bits per heavy atom. The lowest BCUT2D eigenvalue weighted by atomic mass is 9.85. The van der Waals surface area contributed by atoms with Crippen molar-refractivity contribution in [3.8, 4) is 0 Å². The molecule has 48 heavy (non-hydrogen) atoms. The van der Waals surface area contributed by atoms with Gasteiger partial charge in [-0.05, 0) is 38.5 Å². The van der Waals surface area contributed by atoms with Crippen LogP contribution in [-0.2, 0) is 27.9 Å². The lowest BCUT2D eigenvalue weighted by molar-refractivity contribution is -0.220. The lowest BCUT2D eigenvalue weighted by Crippen LogP contribution is -2.64. The van der Waals surface area contributed by atoms with Crippen molar-refractivity contribution in [1.29, 1.82) is 0 Å². The molecule has 6 N–H and O–H groups in total. The first-order valence-corrected chi connectivity index (χ1v) is 20.0. The van der Waals surface area contributed by atoms with Crippen LogP contribution in [0.2, 0.25) is 0 Å². The molecular weight excluding hydrogens is 643 g/mol. The molecule has 0 heterocycles. The Kier molecular flexibility index (Phi) is 26.1. The zero-order chi connectivity index (χ0) is 35.6. The second-order valence-electron chi connectivity index (χ2n) is 13.1. The second-order valence-corrected chi connectivity index (χ2v) is 14.5. The number of carbonyl (C=O) groups is 1. The zero-order valence-corrected chi connectivity index (χ0v) is 30.4. The van der Waals surface area contributed by atoms with Crippen molar-refractivity contribution < 1.29 is 58.3 Å². The minimum atomic E-state index is -5.00. The fourth-order valence-electron chi connectivity index (χ4n) is 5.58. The van der Waals surface area contributed by atoms with E-state index in [2.05, 4.69) is 26.0 Å². The van der Waals surface area contributed by atoms with Gasteiger partial charge in [0, 0.05) is 13.0 Å². The average molecular weight is 711 g/mol. The molecule has 6 atom stereocenters. The van der Waals surface area contributed by atoms with Crippen molar-refractivity contribution in [3.05, 3.63) is 12.2 Å². The minimum Gasteiger partial charge on any atom is -0.457 e. The zero-order valence-electron chi connectivity index (χ0n) is 29.5. The number of aliphatic hydroxyl groups is 5. The van der Waals surface area contributed by atoms with Gasteiger partial charge in [0.25, 0.3) is 0 Å². The molecule has 284 valence electrons. The molecule has 1 saturated carbocycles. The molecule has 12 nitrogen and oxygen atoms in total. The predicted octanol–water partition coefficient (Wildman–Crippen LogP) is 5.63. The standard InChI is InChI=1S/C35H67O12P/c1-3-5-7-9-11-13-14-15-16-17-19-21-23-25-44-26-28(46-29(36)24-22-20-18-12-10-8-6-4-2)27-45-48(42,43)47-35-33(40)31(38)30(37)32(39)34(35)41/h11,13,28,30-35,37-41H,3-10,12,14-27H2,1-2H3,(H,42,43)/b13-11-. The summed E-state index contributed by atoms with van der Waals surface area (Å²) < 4.78 is 33.8. The number of hydrogen-bond acceptors (Lipinski definition) is 11. The molecule has 6 unspecified atom stereocenters. The summed E-state index contributed by atoms with van der Waals surface area (Å²) >= 11 is 0. The van der Waals surface area contributed by atoms with E-state index in [1.807, 2.05) is 0 Å². The Hall–Kier alpha value is -0.920. The highest BCUT2D eigenvalue weighted by Crippen LogP contribution is 2.47. The molecule has 1 aliphatic carbocycles. The number of esters is 1.